The topological polar surface area (TPSA) is 87.9 Å². The zero-order valence-electron chi connectivity index (χ0n) is 12.2. The van der Waals surface area contributed by atoms with E-state index in [1.54, 1.807) is 18.2 Å². The maximum atomic E-state index is 12.0. The first-order valence-electron chi connectivity index (χ1n) is 7.23. The number of nitro benzene ring substituents is 1. The van der Waals surface area contributed by atoms with Crippen LogP contribution in [-0.2, 0) is 19.0 Å². The molecule has 1 saturated carbocycles. The molecule has 2 aliphatic rings. The molecule has 0 amide bonds. The van der Waals surface area contributed by atoms with E-state index in [0.29, 0.717) is 18.4 Å². The number of ether oxygens (including phenoxy) is 3. The highest BCUT2D eigenvalue weighted by Crippen LogP contribution is 2.48. The normalized spacial score (nSPS) is 26.2. The number of nitrogens with zero attached hydrogens (tertiary/aromatic N) is 1. The van der Waals surface area contributed by atoms with Gasteiger partial charge in [0.2, 0.25) is 0 Å². The fourth-order valence-corrected chi connectivity index (χ4v) is 3.17. The molecule has 2 atom stereocenters. The SMILES string of the molecule is COC(=O)C1OC2(CCCC2)O[C@@H]1c1ccccc1[N+](=O)[O-]. The van der Waals surface area contributed by atoms with Gasteiger partial charge in [0.25, 0.3) is 5.69 Å². The molecule has 0 aromatic heterocycles. The van der Waals surface area contributed by atoms with E-state index in [9.17, 15) is 14.9 Å². The Morgan fingerprint density at radius 1 is 1.32 bits per heavy atom. The van der Waals surface area contributed by atoms with Crippen molar-refractivity contribution < 1.29 is 23.9 Å². The summed E-state index contributed by atoms with van der Waals surface area (Å²) in [6, 6.07) is 6.25. The van der Waals surface area contributed by atoms with E-state index in [-0.39, 0.29) is 5.69 Å². The van der Waals surface area contributed by atoms with Crippen molar-refractivity contribution in [2.24, 2.45) is 0 Å². The van der Waals surface area contributed by atoms with Crippen LogP contribution in [0.4, 0.5) is 5.69 Å². The first kappa shape index (κ1) is 14.9. The fourth-order valence-electron chi connectivity index (χ4n) is 3.17. The van der Waals surface area contributed by atoms with Gasteiger partial charge in [-0.15, -0.1) is 0 Å². The van der Waals surface area contributed by atoms with Crippen LogP contribution in [0.3, 0.4) is 0 Å². The number of esters is 1. The Morgan fingerprint density at radius 3 is 2.64 bits per heavy atom. The van der Waals surface area contributed by atoms with Gasteiger partial charge in [0, 0.05) is 18.9 Å². The number of nitro groups is 1. The molecule has 1 unspecified atom stereocenters. The number of para-hydroxylation sites is 1. The molecule has 0 N–H and O–H groups in total. The molecule has 3 rings (SSSR count). The minimum Gasteiger partial charge on any atom is -0.467 e. The third-order valence-electron chi connectivity index (χ3n) is 4.20. The summed E-state index contributed by atoms with van der Waals surface area (Å²) in [4.78, 5) is 22.8. The number of rotatable bonds is 3. The Kier molecular flexibility index (Phi) is 3.84. The summed E-state index contributed by atoms with van der Waals surface area (Å²) in [5.41, 5.74) is 0.256. The minimum atomic E-state index is -0.982. The van der Waals surface area contributed by atoms with E-state index in [1.807, 2.05) is 0 Å². The van der Waals surface area contributed by atoms with Crippen LogP contribution in [0.1, 0.15) is 37.4 Å². The first-order chi connectivity index (χ1) is 10.6. The molecule has 1 aromatic carbocycles. The summed E-state index contributed by atoms with van der Waals surface area (Å²) in [6.45, 7) is 0. The molecule has 7 nitrogen and oxygen atoms in total. The van der Waals surface area contributed by atoms with Gasteiger partial charge in [-0.2, -0.15) is 0 Å². The molecule has 1 spiro atoms. The Morgan fingerprint density at radius 2 is 2.00 bits per heavy atom. The van der Waals surface area contributed by atoms with E-state index < -0.39 is 28.9 Å². The van der Waals surface area contributed by atoms with Crippen molar-refractivity contribution in [1.82, 2.24) is 0 Å². The van der Waals surface area contributed by atoms with Crippen molar-refractivity contribution in [3.63, 3.8) is 0 Å². The van der Waals surface area contributed by atoms with Crippen molar-refractivity contribution in [1.29, 1.82) is 0 Å². The van der Waals surface area contributed by atoms with Crippen molar-refractivity contribution >= 4 is 11.7 Å². The van der Waals surface area contributed by atoms with Crippen LogP contribution in [0.25, 0.3) is 0 Å². The predicted octanol–water partition coefficient (Wildman–Crippen LogP) is 2.49. The van der Waals surface area contributed by atoms with E-state index >= 15 is 0 Å². The van der Waals surface area contributed by atoms with Gasteiger partial charge in [0.05, 0.1) is 17.6 Å². The number of carbonyl (C=O) groups is 1. The van der Waals surface area contributed by atoms with Gasteiger partial charge in [-0.1, -0.05) is 12.1 Å². The minimum absolute atomic E-state index is 0.0833. The third-order valence-corrected chi connectivity index (χ3v) is 4.20. The average molecular weight is 307 g/mol. The molecule has 1 heterocycles. The third kappa shape index (κ3) is 2.46. The molecule has 7 heteroatoms. The van der Waals surface area contributed by atoms with Crippen molar-refractivity contribution in [2.75, 3.05) is 7.11 Å². The van der Waals surface area contributed by atoms with Crippen LogP contribution in [0.5, 0.6) is 0 Å². The highest BCUT2D eigenvalue weighted by molar-refractivity contribution is 5.76. The van der Waals surface area contributed by atoms with Gasteiger partial charge >= 0.3 is 5.97 Å². The maximum Gasteiger partial charge on any atom is 0.338 e. The molecule has 0 radical (unpaired) electrons. The van der Waals surface area contributed by atoms with Gasteiger partial charge in [0.15, 0.2) is 11.9 Å². The molecule has 1 aliphatic carbocycles. The second-order valence-corrected chi connectivity index (χ2v) is 5.53. The molecule has 1 saturated heterocycles. The lowest BCUT2D eigenvalue weighted by atomic mass is 10.0. The molecule has 1 aliphatic heterocycles. The van der Waals surface area contributed by atoms with Crippen LogP contribution in [0, 0.1) is 10.1 Å². The van der Waals surface area contributed by atoms with Crippen molar-refractivity contribution in [2.45, 2.75) is 43.7 Å². The Bertz CT molecular complexity index is 595. The van der Waals surface area contributed by atoms with E-state index in [4.69, 9.17) is 14.2 Å². The first-order valence-corrected chi connectivity index (χ1v) is 7.23. The number of hydrogen-bond acceptors (Lipinski definition) is 6. The summed E-state index contributed by atoms with van der Waals surface area (Å²) >= 11 is 0. The largest absolute Gasteiger partial charge is 0.467 e. The van der Waals surface area contributed by atoms with Gasteiger partial charge < -0.3 is 14.2 Å². The summed E-state index contributed by atoms with van der Waals surface area (Å²) in [7, 11) is 1.27. The molecular formula is C15H17NO6. The van der Waals surface area contributed by atoms with E-state index in [0.717, 1.165) is 12.8 Å². The number of benzene rings is 1. The van der Waals surface area contributed by atoms with Crippen molar-refractivity contribution in [3.05, 3.63) is 39.9 Å². The number of hydrogen-bond donors (Lipinski definition) is 0. The zero-order chi connectivity index (χ0) is 15.7. The number of carbonyl (C=O) groups excluding carboxylic acids is 1. The average Bonchev–Trinajstić information content (AvgIpc) is 3.14. The predicted molar refractivity (Wildman–Crippen MR) is 75.0 cm³/mol. The van der Waals surface area contributed by atoms with Crippen LogP contribution in [-0.4, -0.2) is 29.9 Å². The smallest absolute Gasteiger partial charge is 0.338 e. The van der Waals surface area contributed by atoms with Crippen molar-refractivity contribution in [3.8, 4) is 0 Å². The van der Waals surface area contributed by atoms with Crippen LogP contribution in [0.2, 0.25) is 0 Å². The monoisotopic (exact) mass is 307 g/mol. The van der Waals surface area contributed by atoms with Gasteiger partial charge in [0.1, 0.15) is 6.10 Å². The van der Waals surface area contributed by atoms with Gasteiger partial charge in [-0.05, 0) is 18.9 Å². The standard InChI is InChI=1S/C15H17NO6/c1-20-14(17)13-12(21-15(22-13)8-4-5-9-15)10-6-2-3-7-11(10)16(18)19/h2-3,6-7,12-13H,4-5,8-9H2,1H3/t12-,13?/m1/s1. The molecule has 2 fully saturated rings. The lowest BCUT2D eigenvalue weighted by Crippen LogP contribution is -2.30. The molecule has 1 aromatic rings. The summed E-state index contributed by atoms with van der Waals surface area (Å²) in [5, 5.41) is 11.2. The van der Waals surface area contributed by atoms with Gasteiger partial charge in [-0.25, -0.2) is 4.79 Å². The summed E-state index contributed by atoms with van der Waals surface area (Å²) in [5.74, 6) is -1.40. The highest BCUT2D eigenvalue weighted by Gasteiger charge is 2.53. The lowest BCUT2D eigenvalue weighted by Gasteiger charge is -2.21. The van der Waals surface area contributed by atoms with E-state index in [1.165, 1.54) is 13.2 Å². The Hall–Kier alpha value is -1.99. The Labute approximate surface area is 127 Å². The molecule has 118 valence electrons. The molecular weight excluding hydrogens is 290 g/mol. The van der Waals surface area contributed by atoms with Crippen LogP contribution >= 0.6 is 0 Å². The molecule has 22 heavy (non-hydrogen) atoms. The maximum absolute atomic E-state index is 12.0. The summed E-state index contributed by atoms with van der Waals surface area (Å²) < 4.78 is 16.6. The Balaban J connectivity index is 1.99. The highest BCUT2D eigenvalue weighted by atomic mass is 16.8. The van der Waals surface area contributed by atoms with E-state index in [2.05, 4.69) is 0 Å². The lowest BCUT2D eigenvalue weighted by molar-refractivity contribution is -0.386. The second kappa shape index (κ2) is 5.66. The van der Waals surface area contributed by atoms with Gasteiger partial charge in [-0.3, -0.25) is 10.1 Å². The quantitative estimate of drug-likeness (QED) is 0.484. The summed E-state index contributed by atoms with van der Waals surface area (Å²) in [6.07, 6.45) is 1.43. The second-order valence-electron chi connectivity index (χ2n) is 5.53. The van der Waals surface area contributed by atoms with Crippen LogP contribution in [0.15, 0.2) is 24.3 Å². The number of methoxy groups -OCH3 is 1. The molecule has 0 bridgehead atoms. The zero-order valence-corrected chi connectivity index (χ0v) is 12.2. The fraction of sp³-hybridized carbons (Fsp3) is 0.533. The van der Waals surface area contributed by atoms with Crippen LogP contribution < -0.4 is 0 Å².